The van der Waals surface area contributed by atoms with E-state index >= 15 is 0 Å². The van der Waals surface area contributed by atoms with Crippen LogP contribution in [0.2, 0.25) is 0 Å². The van der Waals surface area contributed by atoms with Crippen LogP contribution in [0, 0.1) is 11.7 Å². The van der Waals surface area contributed by atoms with Crippen LogP contribution in [0.3, 0.4) is 0 Å². The van der Waals surface area contributed by atoms with Crippen LogP contribution in [0.15, 0.2) is 23.1 Å². The number of halogens is 1. The van der Waals surface area contributed by atoms with Crippen LogP contribution in [-0.2, 0) is 25.0 Å². The van der Waals surface area contributed by atoms with Crippen molar-refractivity contribution in [2.45, 2.75) is 37.1 Å². The maximum atomic E-state index is 13.8. The Balaban J connectivity index is 1.87. The molecule has 2 aliphatic rings. The summed E-state index contributed by atoms with van der Waals surface area (Å²) in [6.07, 6.45) is 0.530. The molecule has 1 atom stereocenters. The third kappa shape index (κ3) is 3.48. The second-order valence-corrected chi connectivity index (χ2v) is 9.55. The molecule has 1 fully saturated rings. The van der Waals surface area contributed by atoms with E-state index in [9.17, 15) is 27.2 Å². The van der Waals surface area contributed by atoms with Gasteiger partial charge in [-0.1, -0.05) is 13.8 Å². The number of amides is 4. The molecule has 4 amide bonds. The second kappa shape index (κ2) is 7.16. The fourth-order valence-corrected chi connectivity index (χ4v) is 5.10. The van der Waals surface area contributed by atoms with Gasteiger partial charge in [0.2, 0.25) is 5.91 Å². The first-order valence-corrected chi connectivity index (χ1v) is 10.7. The van der Waals surface area contributed by atoms with E-state index in [1.54, 1.807) is 0 Å². The number of urea groups is 1. The second-order valence-electron chi connectivity index (χ2n) is 7.47. The molecule has 2 N–H and O–H groups in total. The summed E-state index contributed by atoms with van der Waals surface area (Å²) in [5.41, 5.74) is -1.78. The number of fused-ring (bicyclic) bond motifs is 2. The number of sulfone groups is 1. The number of nitrogens with zero attached hydrogens (tertiary/aromatic N) is 1. The molecule has 2 aliphatic heterocycles. The summed E-state index contributed by atoms with van der Waals surface area (Å²) >= 11 is 0. The van der Waals surface area contributed by atoms with E-state index in [-0.39, 0.29) is 22.6 Å². The fraction of sp³-hybridized carbons (Fsp3) is 0.500. The van der Waals surface area contributed by atoms with Crippen LogP contribution >= 0.6 is 0 Å². The van der Waals surface area contributed by atoms with Crippen LogP contribution in [0.4, 0.5) is 9.18 Å². The Morgan fingerprint density at radius 1 is 1.36 bits per heavy atom. The minimum absolute atomic E-state index is 0.0974. The van der Waals surface area contributed by atoms with Crippen LogP contribution in [0.1, 0.15) is 32.3 Å². The van der Waals surface area contributed by atoms with Gasteiger partial charge in [0.1, 0.15) is 17.9 Å². The van der Waals surface area contributed by atoms with E-state index in [1.165, 1.54) is 0 Å². The van der Waals surface area contributed by atoms with E-state index < -0.39 is 45.6 Å². The van der Waals surface area contributed by atoms with Crippen molar-refractivity contribution in [3.63, 3.8) is 0 Å². The van der Waals surface area contributed by atoms with Gasteiger partial charge < -0.3 is 10.6 Å². The fourth-order valence-electron chi connectivity index (χ4n) is 3.46. The molecule has 8 nitrogen and oxygen atoms in total. The molecule has 1 saturated heterocycles. The van der Waals surface area contributed by atoms with Crippen molar-refractivity contribution in [3.8, 4) is 0 Å². The lowest BCUT2D eigenvalue weighted by Gasteiger charge is -2.32. The number of hydrogen-bond donors (Lipinski definition) is 2. The molecule has 1 spiro atoms. The van der Waals surface area contributed by atoms with Gasteiger partial charge in [-0.3, -0.25) is 14.5 Å². The van der Waals surface area contributed by atoms with Crippen molar-refractivity contribution >= 4 is 27.7 Å². The van der Waals surface area contributed by atoms with E-state index in [0.29, 0.717) is 12.5 Å². The third-order valence-electron chi connectivity index (χ3n) is 5.00. The summed E-state index contributed by atoms with van der Waals surface area (Å²) in [7, 11) is -3.69. The molecular formula is C18H22FN3O5S. The number of benzene rings is 1. The highest BCUT2D eigenvalue weighted by molar-refractivity contribution is 7.91. The van der Waals surface area contributed by atoms with Gasteiger partial charge >= 0.3 is 6.03 Å². The molecule has 0 aliphatic carbocycles. The smallest absolute Gasteiger partial charge is 0.325 e. The predicted molar refractivity (Wildman–Crippen MR) is 97.5 cm³/mol. The maximum absolute atomic E-state index is 13.8. The summed E-state index contributed by atoms with van der Waals surface area (Å²) < 4.78 is 38.5. The molecule has 0 radical (unpaired) electrons. The molecule has 0 unspecified atom stereocenters. The van der Waals surface area contributed by atoms with Gasteiger partial charge in [-0.05, 0) is 37.0 Å². The Bertz CT molecular complexity index is 947. The van der Waals surface area contributed by atoms with Crippen molar-refractivity contribution < 1.29 is 27.2 Å². The van der Waals surface area contributed by atoms with Gasteiger partial charge in [0.05, 0.1) is 10.6 Å². The topological polar surface area (TPSA) is 113 Å². The number of imide groups is 1. The summed E-state index contributed by atoms with van der Waals surface area (Å²) in [6.45, 7) is 3.93. The first-order chi connectivity index (χ1) is 13.1. The third-order valence-corrected chi connectivity index (χ3v) is 6.77. The zero-order valence-corrected chi connectivity index (χ0v) is 16.4. The minimum Gasteiger partial charge on any atom is -0.355 e. The number of nitrogens with one attached hydrogen (secondary N) is 2. The average molecular weight is 411 g/mol. The maximum Gasteiger partial charge on any atom is 0.325 e. The SMILES string of the molecule is CC(C)CCNC(=O)CN1C(=O)N[C@@]2(CCS(=O)(=O)c3ccc(F)cc32)C1=O. The minimum atomic E-state index is -3.69. The van der Waals surface area contributed by atoms with Crippen molar-refractivity contribution in [1.29, 1.82) is 0 Å². The number of rotatable bonds is 5. The van der Waals surface area contributed by atoms with Gasteiger partial charge in [-0.2, -0.15) is 0 Å². The monoisotopic (exact) mass is 411 g/mol. The largest absolute Gasteiger partial charge is 0.355 e. The van der Waals surface area contributed by atoms with Gasteiger partial charge in [0.15, 0.2) is 9.84 Å². The lowest BCUT2D eigenvalue weighted by atomic mass is 9.86. The molecule has 2 heterocycles. The number of hydrogen-bond acceptors (Lipinski definition) is 5. The van der Waals surface area contributed by atoms with E-state index in [0.717, 1.165) is 29.5 Å². The molecule has 10 heteroatoms. The number of carbonyl (C=O) groups excluding carboxylic acids is 3. The van der Waals surface area contributed by atoms with Crippen molar-refractivity contribution in [1.82, 2.24) is 15.5 Å². The van der Waals surface area contributed by atoms with Crippen LogP contribution in [0.25, 0.3) is 0 Å². The Morgan fingerprint density at radius 2 is 2.07 bits per heavy atom. The summed E-state index contributed by atoms with van der Waals surface area (Å²) in [4.78, 5) is 38.1. The first kappa shape index (κ1) is 20.2. The zero-order chi connectivity index (χ0) is 20.7. The highest BCUT2D eigenvalue weighted by atomic mass is 32.2. The summed E-state index contributed by atoms with van der Waals surface area (Å²) in [5.74, 6) is -1.95. The standard InChI is InChI=1S/C18H22FN3O5S/c1-11(2)5-7-20-15(23)10-22-16(24)18(21-17(22)25)6-8-28(26,27)14-4-3-12(19)9-13(14)18/h3-4,9,11H,5-8,10H2,1-2H3,(H,20,23)(H,21,25)/t18-/m1/s1. The molecule has 0 saturated carbocycles. The Labute approximate surface area is 162 Å². The zero-order valence-electron chi connectivity index (χ0n) is 15.6. The Kier molecular flexibility index (Phi) is 5.18. The predicted octanol–water partition coefficient (Wildman–Crippen LogP) is 0.912. The molecule has 0 bridgehead atoms. The molecule has 3 rings (SSSR count). The van der Waals surface area contributed by atoms with Crippen molar-refractivity contribution in [3.05, 3.63) is 29.6 Å². The summed E-state index contributed by atoms with van der Waals surface area (Å²) in [6, 6.07) is 2.24. The van der Waals surface area contributed by atoms with Crippen molar-refractivity contribution in [2.75, 3.05) is 18.8 Å². The lowest BCUT2D eigenvalue weighted by Crippen LogP contribution is -2.49. The average Bonchev–Trinajstić information content (AvgIpc) is 2.83. The van der Waals surface area contributed by atoms with Crippen LogP contribution in [0.5, 0.6) is 0 Å². The number of carbonyl (C=O) groups is 3. The lowest BCUT2D eigenvalue weighted by molar-refractivity contribution is -0.135. The molecule has 0 aromatic heterocycles. The molecular weight excluding hydrogens is 389 g/mol. The quantitative estimate of drug-likeness (QED) is 0.553. The highest BCUT2D eigenvalue weighted by Gasteiger charge is 2.56. The normalized spacial score (nSPS) is 23.1. The highest BCUT2D eigenvalue weighted by Crippen LogP contribution is 2.41. The Morgan fingerprint density at radius 3 is 2.75 bits per heavy atom. The molecule has 152 valence electrons. The van der Waals surface area contributed by atoms with E-state index in [2.05, 4.69) is 10.6 Å². The molecule has 1 aromatic carbocycles. The van der Waals surface area contributed by atoms with Gasteiger partial charge in [-0.25, -0.2) is 17.6 Å². The molecule has 28 heavy (non-hydrogen) atoms. The van der Waals surface area contributed by atoms with Gasteiger partial charge in [0.25, 0.3) is 5.91 Å². The Hall–Kier alpha value is -2.49. The van der Waals surface area contributed by atoms with Gasteiger partial charge in [0, 0.05) is 12.1 Å². The van der Waals surface area contributed by atoms with E-state index in [1.807, 2.05) is 13.8 Å². The van der Waals surface area contributed by atoms with Gasteiger partial charge in [-0.15, -0.1) is 0 Å². The molecule has 1 aromatic rings. The van der Waals surface area contributed by atoms with Crippen molar-refractivity contribution in [2.24, 2.45) is 5.92 Å². The summed E-state index contributed by atoms with van der Waals surface area (Å²) in [5, 5.41) is 5.14. The van der Waals surface area contributed by atoms with Crippen LogP contribution in [-0.4, -0.2) is 50.0 Å². The first-order valence-electron chi connectivity index (χ1n) is 9.00. The van der Waals surface area contributed by atoms with E-state index in [4.69, 9.17) is 0 Å². The van der Waals surface area contributed by atoms with Crippen LogP contribution < -0.4 is 10.6 Å².